The molecule has 0 aliphatic carbocycles. The minimum atomic E-state index is -0.253. The summed E-state index contributed by atoms with van der Waals surface area (Å²) in [5.41, 5.74) is 5.03. The summed E-state index contributed by atoms with van der Waals surface area (Å²) in [6.07, 6.45) is 1.20. The Balaban J connectivity index is 2.03. The Morgan fingerprint density at radius 1 is 1.41 bits per heavy atom. The summed E-state index contributed by atoms with van der Waals surface area (Å²) in [5, 5.41) is 3.18. The van der Waals surface area contributed by atoms with Crippen LogP contribution in [0.15, 0.2) is 28.7 Å². The van der Waals surface area contributed by atoms with Crippen molar-refractivity contribution < 1.29 is 9.53 Å². The summed E-state index contributed by atoms with van der Waals surface area (Å²) in [6, 6.07) is 7.72. The molecule has 94 valence electrons. The number of benzene rings is 1. The van der Waals surface area contributed by atoms with Gasteiger partial charge < -0.3 is 15.8 Å². The molecule has 0 spiro atoms. The van der Waals surface area contributed by atoms with E-state index in [-0.39, 0.29) is 5.91 Å². The minimum absolute atomic E-state index is 0.253. The van der Waals surface area contributed by atoms with E-state index in [1.807, 2.05) is 24.3 Å². The van der Waals surface area contributed by atoms with Gasteiger partial charge in [-0.1, -0.05) is 22.0 Å². The van der Waals surface area contributed by atoms with Crippen molar-refractivity contribution in [3.63, 3.8) is 0 Å². The van der Waals surface area contributed by atoms with Crippen molar-refractivity contribution in [1.82, 2.24) is 5.32 Å². The molecule has 4 nitrogen and oxygen atoms in total. The molecule has 17 heavy (non-hydrogen) atoms. The smallest absolute Gasteiger partial charge is 0.217 e. The largest absolute Gasteiger partial charge is 0.492 e. The molecule has 1 amide bonds. The van der Waals surface area contributed by atoms with Crippen LogP contribution in [-0.4, -0.2) is 25.6 Å². The molecule has 5 heteroatoms. The van der Waals surface area contributed by atoms with E-state index >= 15 is 0 Å². The lowest BCUT2D eigenvalue weighted by atomic mass is 10.3. The van der Waals surface area contributed by atoms with Crippen LogP contribution in [0.4, 0.5) is 0 Å². The van der Waals surface area contributed by atoms with Crippen LogP contribution in [0.2, 0.25) is 0 Å². The third-order valence-corrected chi connectivity index (χ3v) is 2.61. The van der Waals surface area contributed by atoms with Crippen molar-refractivity contribution in [3.8, 4) is 5.75 Å². The van der Waals surface area contributed by atoms with Crippen molar-refractivity contribution in [2.75, 3.05) is 19.7 Å². The van der Waals surface area contributed by atoms with Crippen LogP contribution in [0.25, 0.3) is 0 Å². The van der Waals surface area contributed by atoms with Crippen molar-refractivity contribution in [3.05, 3.63) is 28.7 Å². The first-order valence-corrected chi connectivity index (χ1v) is 6.35. The molecule has 3 N–H and O–H groups in total. The monoisotopic (exact) mass is 300 g/mol. The number of carbonyl (C=O) groups excluding carboxylic acids is 1. The van der Waals surface area contributed by atoms with Gasteiger partial charge in [-0.05, 0) is 31.2 Å². The van der Waals surface area contributed by atoms with Crippen LogP contribution >= 0.6 is 15.9 Å². The Morgan fingerprint density at radius 3 is 2.94 bits per heavy atom. The van der Waals surface area contributed by atoms with Gasteiger partial charge in [0.2, 0.25) is 5.91 Å². The van der Waals surface area contributed by atoms with Gasteiger partial charge in [-0.2, -0.15) is 0 Å². The summed E-state index contributed by atoms with van der Waals surface area (Å²) in [6.45, 7) is 2.14. The molecule has 1 aromatic rings. The van der Waals surface area contributed by atoms with E-state index in [4.69, 9.17) is 10.5 Å². The van der Waals surface area contributed by atoms with Crippen LogP contribution in [-0.2, 0) is 4.79 Å². The van der Waals surface area contributed by atoms with Crippen LogP contribution in [0, 0.1) is 0 Å². The molecule has 0 atom stereocenters. The number of hydrogen-bond acceptors (Lipinski definition) is 3. The van der Waals surface area contributed by atoms with Crippen LogP contribution in [0.3, 0.4) is 0 Å². The molecule has 0 aromatic heterocycles. The van der Waals surface area contributed by atoms with E-state index in [2.05, 4.69) is 21.2 Å². The number of nitrogens with two attached hydrogens (primary N) is 1. The Kier molecular flexibility index (Phi) is 6.65. The van der Waals surface area contributed by atoms with Crippen LogP contribution in [0.1, 0.15) is 12.8 Å². The first-order valence-electron chi connectivity index (χ1n) is 5.56. The Morgan fingerprint density at radius 2 is 2.24 bits per heavy atom. The quantitative estimate of drug-likeness (QED) is 0.718. The maximum absolute atomic E-state index is 10.5. The van der Waals surface area contributed by atoms with Gasteiger partial charge in [-0.3, -0.25) is 4.79 Å². The van der Waals surface area contributed by atoms with Crippen molar-refractivity contribution >= 4 is 21.8 Å². The lowest BCUT2D eigenvalue weighted by molar-refractivity contribution is -0.118. The van der Waals surface area contributed by atoms with Crippen molar-refractivity contribution in [2.24, 2.45) is 5.73 Å². The van der Waals surface area contributed by atoms with Gasteiger partial charge in [-0.25, -0.2) is 0 Å². The molecule has 0 aliphatic heterocycles. The zero-order valence-corrected chi connectivity index (χ0v) is 11.2. The van der Waals surface area contributed by atoms with Crippen molar-refractivity contribution in [2.45, 2.75) is 12.8 Å². The molecule has 0 saturated carbocycles. The normalized spacial score (nSPS) is 10.2. The molecule has 0 aliphatic rings. The van der Waals surface area contributed by atoms with E-state index in [9.17, 15) is 4.79 Å². The van der Waals surface area contributed by atoms with E-state index < -0.39 is 0 Å². The fourth-order valence-electron chi connectivity index (χ4n) is 1.31. The molecule has 0 unspecified atom stereocenters. The van der Waals surface area contributed by atoms with E-state index in [1.54, 1.807) is 0 Å². The van der Waals surface area contributed by atoms with Gasteiger partial charge in [0.25, 0.3) is 0 Å². The Bertz CT molecular complexity index is 358. The predicted octanol–water partition coefficient (Wildman–Crippen LogP) is 1.68. The van der Waals surface area contributed by atoms with Gasteiger partial charge >= 0.3 is 0 Å². The van der Waals surface area contributed by atoms with E-state index in [1.165, 1.54) is 0 Å². The van der Waals surface area contributed by atoms with Crippen LogP contribution < -0.4 is 15.8 Å². The van der Waals surface area contributed by atoms with Gasteiger partial charge in [0.1, 0.15) is 12.4 Å². The average Bonchev–Trinajstić information content (AvgIpc) is 2.27. The topological polar surface area (TPSA) is 64.4 Å². The first kappa shape index (κ1) is 14.0. The third kappa shape index (κ3) is 6.97. The number of halogens is 1. The number of nitrogens with one attached hydrogen (secondary N) is 1. The molecular formula is C12H17BrN2O2. The number of amides is 1. The second-order valence-corrected chi connectivity index (χ2v) is 4.54. The second kappa shape index (κ2) is 8.08. The molecule has 0 heterocycles. The second-order valence-electron chi connectivity index (χ2n) is 3.63. The molecule has 0 bridgehead atoms. The van der Waals surface area contributed by atoms with E-state index in [0.717, 1.165) is 29.7 Å². The maximum atomic E-state index is 10.5. The number of hydrogen-bond donors (Lipinski definition) is 2. The summed E-state index contributed by atoms with van der Waals surface area (Å²) in [5.74, 6) is 0.593. The number of ether oxygens (including phenoxy) is 1. The van der Waals surface area contributed by atoms with Crippen molar-refractivity contribution in [1.29, 1.82) is 0 Å². The Hall–Kier alpha value is -1.07. The number of rotatable bonds is 8. The highest BCUT2D eigenvalue weighted by Crippen LogP contribution is 2.17. The first-order chi connectivity index (χ1) is 8.18. The zero-order valence-electron chi connectivity index (χ0n) is 9.62. The molecule has 1 rings (SSSR count). The van der Waals surface area contributed by atoms with Gasteiger partial charge in [0.05, 0.1) is 0 Å². The van der Waals surface area contributed by atoms with E-state index in [0.29, 0.717) is 13.0 Å². The van der Waals surface area contributed by atoms with Gasteiger partial charge in [0, 0.05) is 17.4 Å². The zero-order chi connectivity index (χ0) is 12.5. The SMILES string of the molecule is NC(=O)CCCNCCOc1cccc(Br)c1. The summed E-state index contributed by atoms with van der Waals surface area (Å²) >= 11 is 3.38. The minimum Gasteiger partial charge on any atom is -0.492 e. The number of primary amides is 1. The molecular weight excluding hydrogens is 284 g/mol. The number of carbonyl (C=O) groups is 1. The highest BCUT2D eigenvalue weighted by atomic mass is 79.9. The summed E-state index contributed by atoms with van der Waals surface area (Å²) < 4.78 is 6.53. The fourth-order valence-corrected chi connectivity index (χ4v) is 1.69. The Labute approximate surface area is 110 Å². The third-order valence-electron chi connectivity index (χ3n) is 2.12. The lowest BCUT2D eigenvalue weighted by Crippen LogP contribution is -2.23. The predicted molar refractivity (Wildman–Crippen MR) is 70.9 cm³/mol. The average molecular weight is 301 g/mol. The molecule has 0 radical (unpaired) electrons. The standard InChI is InChI=1S/C12H17BrN2O2/c13-10-3-1-4-11(9-10)17-8-7-15-6-2-5-12(14)16/h1,3-4,9,15H,2,5-8H2,(H2,14,16). The molecule has 1 aromatic carbocycles. The summed E-state index contributed by atoms with van der Waals surface area (Å²) in [7, 11) is 0. The van der Waals surface area contributed by atoms with Gasteiger partial charge in [-0.15, -0.1) is 0 Å². The molecule has 0 saturated heterocycles. The highest BCUT2D eigenvalue weighted by molar-refractivity contribution is 9.10. The molecule has 0 fully saturated rings. The maximum Gasteiger partial charge on any atom is 0.217 e. The van der Waals surface area contributed by atoms with Gasteiger partial charge in [0.15, 0.2) is 0 Å². The fraction of sp³-hybridized carbons (Fsp3) is 0.417. The lowest BCUT2D eigenvalue weighted by Gasteiger charge is -2.07. The summed E-state index contributed by atoms with van der Waals surface area (Å²) in [4.78, 5) is 10.5. The highest BCUT2D eigenvalue weighted by Gasteiger charge is 1.95. The van der Waals surface area contributed by atoms with Crippen LogP contribution in [0.5, 0.6) is 5.75 Å².